The van der Waals surface area contributed by atoms with E-state index in [2.05, 4.69) is 30.9 Å². The van der Waals surface area contributed by atoms with Gasteiger partial charge in [-0.05, 0) is 18.2 Å². The van der Waals surface area contributed by atoms with E-state index >= 15 is 0 Å². The van der Waals surface area contributed by atoms with Gasteiger partial charge in [0.2, 0.25) is 0 Å². The highest BCUT2D eigenvalue weighted by Crippen LogP contribution is 2.30. The highest BCUT2D eigenvalue weighted by molar-refractivity contribution is 7.86. The zero-order chi connectivity index (χ0) is 28.4. The van der Waals surface area contributed by atoms with Gasteiger partial charge in [0, 0.05) is 16.7 Å². The average Bonchev–Trinajstić information content (AvgIpc) is 3.59. The zero-order valence-corrected chi connectivity index (χ0v) is 22.0. The Labute approximate surface area is 219 Å². The summed E-state index contributed by atoms with van der Waals surface area (Å²) in [5.74, 6) is -2.43. The van der Waals surface area contributed by atoms with Gasteiger partial charge in [0.25, 0.3) is 0 Å². The lowest BCUT2D eigenvalue weighted by Crippen LogP contribution is -2.09. The Morgan fingerprint density at radius 3 is 1.00 bits per heavy atom. The lowest BCUT2D eigenvalue weighted by Gasteiger charge is -2.05. The Morgan fingerprint density at radius 1 is 0.513 bits per heavy atom. The van der Waals surface area contributed by atoms with Crippen LogP contribution in [0.3, 0.4) is 0 Å². The van der Waals surface area contributed by atoms with E-state index < -0.39 is 47.9 Å². The Morgan fingerprint density at radius 2 is 0.769 bits per heavy atom. The summed E-state index contributed by atoms with van der Waals surface area (Å²) in [6.07, 6.45) is 4.12. The van der Waals surface area contributed by atoms with Crippen LogP contribution in [0.1, 0.15) is 0 Å². The van der Waals surface area contributed by atoms with Crippen molar-refractivity contribution < 1.29 is 36.9 Å². The molecule has 3 aromatic heterocycles. The molecule has 39 heavy (non-hydrogen) atoms. The van der Waals surface area contributed by atoms with Crippen LogP contribution in [0.2, 0.25) is 0 Å². The van der Waals surface area contributed by atoms with Gasteiger partial charge in [-0.15, -0.1) is 27.0 Å². The van der Waals surface area contributed by atoms with Crippen LogP contribution < -0.4 is 0 Å². The van der Waals surface area contributed by atoms with E-state index in [4.69, 9.17) is 0 Å². The molecular formula is C18H18F3N9O6S3. The molecule has 4 aromatic rings. The molecule has 0 spiro atoms. The van der Waals surface area contributed by atoms with Gasteiger partial charge in [-0.1, -0.05) is 15.6 Å². The predicted molar refractivity (Wildman–Crippen MR) is 128 cm³/mol. The van der Waals surface area contributed by atoms with Gasteiger partial charge in [-0.25, -0.2) is 0 Å². The summed E-state index contributed by atoms with van der Waals surface area (Å²) in [7, 11) is -14.2. The molecule has 0 saturated carbocycles. The minimum Gasteiger partial charge on any atom is -0.251 e. The molecule has 0 amide bonds. The first-order chi connectivity index (χ1) is 18.1. The van der Waals surface area contributed by atoms with Crippen molar-refractivity contribution in [1.29, 1.82) is 0 Å². The first-order valence-electron chi connectivity index (χ1n) is 10.8. The lowest BCUT2D eigenvalue weighted by molar-refractivity contribution is 0.535. The number of hydrogen-bond acceptors (Lipinski definition) is 12. The molecule has 1 aromatic carbocycles. The van der Waals surface area contributed by atoms with Crippen molar-refractivity contribution in [2.45, 2.75) is 19.6 Å². The average molecular weight is 610 g/mol. The first kappa shape index (κ1) is 28.3. The maximum atomic E-state index is 12.9. The second kappa shape index (κ2) is 10.8. The van der Waals surface area contributed by atoms with Crippen molar-refractivity contribution in [3.63, 3.8) is 0 Å². The molecule has 0 aliphatic heterocycles. The molecule has 0 N–H and O–H groups in total. The number of nitrogens with zero attached hydrogens (tertiary/aromatic N) is 9. The van der Waals surface area contributed by atoms with Gasteiger partial charge in [0.1, 0.15) is 17.1 Å². The Balaban J connectivity index is 1.70. The van der Waals surface area contributed by atoms with Crippen molar-refractivity contribution in [1.82, 2.24) is 45.0 Å². The molecule has 0 aliphatic carbocycles. The van der Waals surface area contributed by atoms with E-state index in [-0.39, 0.29) is 36.7 Å². The monoisotopic (exact) mass is 609 g/mol. The molecule has 0 saturated heterocycles. The van der Waals surface area contributed by atoms with Crippen molar-refractivity contribution in [2.24, 2.45) is 0 Å². The van der Waals surface area contributed by atoms with Gasteiger partial charge in [0.15, 0.2) is 0 Å². The maximum Gasteiger partial charge on any atom is 0.304 e. The van der Waals surface area contributed by atoms with Crippen molar-refractivity contribution in [3.05, 3.63) is 36.8 Å². The molecule has 0 radical (unpaired) electrons. The highest BCUT2D eigenvalue weighted by Gasteiger charge is 2.16. The fraction of sp³-hybridized carbons (Fsp3) is 0.333. The van der Waals surface area contributed by atoms with Crippen LogP contribution >= 0.6 is 0 Å². The van der Waals surface area contributed by atoms with E-state index in [0.717, 1.165) is 14.0 Å². The van der Waals surface area contributed by atoms with Gasteiger partial charge >= 0.3 is 30.7 Å². The highest BCUT2D eigenvalue weighted by atomic mass is 32.3. The molecule has 4 rings (SSSR count). The smallest absolute Gasteiger partial charge is 0.251 e. The maximum absolute atomic E-state index is 12.9. The van der Waals surface area contributed by atoms with Gasteiger partial charge in [-0.3, -0.25) is 14.0 Å². The predicted octanol–water partition coefficient (Wildman–Crippen LogP) is 0.360. The van der Waals surface area contributed by atoms with Gasteiger partial charge < -0.3 is 0 Å². The Hall–Kier alpha value is -3.72. The van der Waals surface area contributed by atoms with Gasteiger partial charge in [0.05, 0.1) is 55.5 Å². The molecule has 0 bridgehead atoms. The second-order valence-electron chi connectivity index (χ2n) is 8.13. The van der Waals surface area contributed by atoms with Crippen LogP contribution in [0, 0.1) is 0 Å². The molecule has 0 atom stereocenters. The number of halogens is 3. The third kappa shape index (κ3) is 8.38. The van der Waals surface area contributed by atoms with Crippen molar-refractivity contribution in [2.75, 3.05) is 17.3 Å². The summed E-state index contributed by atoms with van der Waals surface area (Å²) >= 11 is 0. The van der Waals surface area contributed by atoms with Crippen molar-refractivity contribution in [3.8, 4) is 33.8 Å². The SMILES string of the molecule is O=S(=O)(F)CCn1cc(-c2cc(-c3cn(CCS(=O)(=O)F)nn3)cc(-c3cn(CCS(=O)(=O)F)nn3)c2)nn1. The normalized spacial score (nSPS) is 12.7. The zero-order valence-electron chi connectivity index (χ0n) is 19.5. The summed E-state index contributed by atoms with van der Waals surface area (Å²) in [5, 5.41) is 23.3. The molecule has 0 unspecified atom stereocenters. The quantitative estimate of drug-likeness (QED) is 0.200. The molecule has 0 fully saturated rings. The number of rotatable bonds is 12. The molecule has 0 aliphatic rings. The van der Waals surface area contributed by atoms with E-state index in [1.807, 2.05) is 0 Å². The second-order valence-corrected chi connectivity index (χ2v) is 12.6. The van der Waals surface area contributed by atoms with E-state index in [0.29, 0.717) is 16.7 Å². The summed E-state index contributed by atoms with van der Waals surface area (Å²) in [6.45, 7) is -0.887. The van der Waals surface area contributed by atoms with Crippen LogP contribution in [0.5, 0.6) is 0 Å². The van der Waals surface area contributed by atoms with E-state index in [1.54, 1.807) is 18.2 Å². The van der Waals surface area contributed by atoms with Crippen LogP contribution in [0.15, 0.2) is 36.8 Å². The summed E-state index contributed by atoms with van der Waals surface area (Å²) in [6, 6.07) is 4.80. The van der Waals surface area contributed by atoms with Crippen LogP contribution in [0.4, 0.5) is 11.7 Å². The number of aryl methyl sites for hydroxylation is 3. The van der Waals surface area contributed by atoms with Crippen LogP contribution in [-0.4, -0.2) is 87.5 Å². The van der Waals surface area contributed by atoms with Gasteiger partial charge in [-0.2, -0.15) is 25.3 Å². The molecule has 3 heterocycles. The molecule has 21 heteroatoms. The first-order valence-corrected chi connectivity index (χ1v) is 15.4. The van der Waals surface area contributed by atoms with Crippen LogP contribution in [-0.2, 0) is 50.3 Å². The fourth-order valence-electron chi connectivity index (χ4n) is 3.30. The Bertz CT molecular complexity index is 1600. The number of benzene rings is 1. The molecular weight excluding hydrogens is 591 g/mol. The number of hydrogen-bond donors (Lipinski definition) is 0. The fourth-order valence-corrected chi connectivity index (χ4v) is 4.51. The Kier molecular flexibility index (Phi) is 7.84. The van der Waals surface area contributed by atoms with E-state index in [1.165, 1.54) is 18.6 Å². The minimum atomic E-state index is -4.73. The standard InChI is InChI=1S/C18H18F3N9O6S3/c19-37(31,32)4-1-28-10-16(22-25-28)13-7-14(17-11-29(26-23-17)2-5-38(20,33)34)9-15(8-13)18-12-30(27-24-18)3-6-39(21,35)36/h7-12H,1-6H2. The van der Waals surface area contributed by atoms with Crippen molar-refractivity contribution >= 4 is 30.7 Å². The largest absolute Gasteiger partial charge is 0.304 e. The minimum absolute atomic E-state index is 0.251. The number of aromatic nitrogens is 9. The summed E-state index contributed by atoms with van der Waals surface area (Å²) in [4.78, 5) is 0. The third-order valence-corrected chi connectivity index (χ3v) is 7.14. The summed E-state index contributed by atoms with van der Waals surface area (Å²) in [5.41, 5.74) is 2.00. The third-order valence-electron chi connectivity index (χ3n) is 5.13. The van der Waals surface area contributed by atoms with Crippen LogP contribution in [0.25, 0.3) is 33.8 Å². The molecule has 210 valence electrons. The summed E-state index contributed by atoms with van der Waals surface area (Å²) < 4.78 is 107. The topological polar surface area (TPSA) is 195 Å². The van der Waals surface area contributed by atoms with E-state index in [9.17, 15) is 36.9 Å². The lowest BCUT2D eigenvalue weighted by atomic mass is 10.0. The molecule has 15 nitrogen and oxygen atoms in total.